The Balaban J connectivity index is 2.76. The molecule has 16 heavy (non-hydrogen) atoms. The maximum Gasteiger partial charge on any atom is 0.293 e. The van der Waals surface area contributed by atoms with Gasteiger partial charge in [0.15, 0.2) is 5.54 Å². The molecule has 1 saturated heterocycles. The van der Waals surface area contributed by atoms with Gasteiger partial charge < -0.3 is 10.6 Å². The van der Waals surface area contributed by atoms with Crippen LogP contribution in [0.5, 0.6) is 0 Å². The topological polar surface area (TPSA) is 126 Å². The van der Waals surface area contributed by atoms with E-state index >= 15 is 0 Å². The van der Waals surface area contributed by atoms with Crippen molar-refractivity contribution in [2.24, 2.45) is 26.4 Å². The number of carbonyl (C=O) groups is 1. The molecular weight excluding hydrogens is 212 g/mol. The SMILES string of the molecule is N#CCN=NC(=O)C1(N=NN)CCOCC1. The highest BCUT2D eigenvalue weighted by atomic mass is 16.5. The average Bonchev–Trinajstić information content (AvgIpc) is 2.31. The molecule has 1 fully saturated rings. The first kappa shape index (κ1) is 12.2. The number of hydrogen-bond acceptors (Lipinski definition) is 6. The van der Waals surface area contributed by atoms with Crippen LogP contribution in [0.2, 0.25) is 0 Å². The van der Waals surface area contributed by atoms with Gasteiger partial charge in [-0.1, -0.05) is 5.22 Å². The maximum atomic E-state index is 11.8. The predicted octanol–water partition coefficient (Wildman–Crippen LogP) is 0.364. The number of rotatable bonds is 3. The lowest BCUT2D eigenvalue weighted by atomic mass is 9.90. The van der Waals surface area contributed by atoms with Gasteiger partial charge in [0, 0.05) is 26.1 Å². The molecule has 8 nitrogen and oxygen atoms in total. The number of nitrogens with two attached hydrogens (primary N) is 1. The highest BCUT2D eigenvalue weighted by molar-refractivity contribution is 5.86. The van der Waals surface area contributed by atoms with Crippen LogP contribution >= 0.6 is 0 Å². The summed E-state index contributed by atoms with van der Waals surface area (Å²) in [5.74, 6) is 4.45. The van der Waals surface area contributed by atoms with E-state index in [9.17, 15) is 4.79 Å². The summed E-state index contributed by atoms with van der Waals surface area (Å²) in [6.07, 6.45) is 0.746. The van der Waals surface area contributed by atoms with Crippen molar-refractivity contribution in [1.29, 1.82) is 5.26 Å². The van der Waals surface area contributed by atoms with Crippen LogP contribution in [0.15, 0.2) is 20.6 Å². The number of nitrogens with zero attached hydrogens (tertiary/aromatic N) is 5. The molecule has 0 aromatic carbocycles. The molecule has 0 aromatic rings. The zero-order valence-electron chi connectivity index (χ0n) is 8.67. The molecule has 0 atom stereocenters. The second kappa shape index (κ2) is 5.87. The molecule has 0 spiro atoms. The minimum atomic E-state index is -1.06. The van der Waals surface area contributed by atoms with Crippen molar-refractivity contribution < 1.29 is 9.53 Å². The Kier molecular flexibility index (Phi) is 4.47. The van der Waals surface area contributed by atoms with Crippen LogP contribution in [0.1, 0.15) is 12.8 Å². The normalized spacial score (nSPS) is 19.9. The van der Waals surface area contributed by atoms with Crippen LogP contribution in [-0.4, -0.2) is 31.2 Å². The zero-order valence-corrected chi connectivity index (χ0v) is 8.67. The van der Waals surface area contributed by atoms with Gasteiger partial charge in [-0.25, -0.2) is 0 Å². The maximum absolute atomic E-state index is 11.8. The Morgan fingerprint density at radius 1 is 1.50 bits per heavy atom. The molecular formula is C8H12N6O2. The summed E-state index contributed by atoms with van der Waals surface area (Å²) >= 11 is 0. The molecule has 1 amide bonds. The molecule has 0 unspecified atom stereocenters. The van der Waals surface area contributed by atoms with E-state index in [1.807, 2.05) is 0 Å². The van der Waals surface area contributed by atoms with Gasteiger partial charge in [-0.15, -0.1) is 5.11 Å². The molecule has 0 saturated carbocycles. The fourth-order valence-corrected chi connectivity index (χ4v) is 1.40. The fraction of sp³-hybridized carbons (Fsp3) is 0.750. The Bertz CT molecular complexity index is 339. The van der Waals surface area contributed by atoms with E-state index in [1.54, 1.807) is 6.07 Å². The summed E-state index contributed by atoms with van der Waals surface area (Å²) < 4.78 is 5.13. The van der Waals surface area contributed by atoms with E-state index in [2.05, 4.69) is 20.6 Å². The van der Waals surface area contributed by atoms with Crippen LogP contribution in [0.4, 0.5) is 0 Å². The third-order valence-corrected chi connectivity index (χ3v) is 2.27. The summed E-state index contributed by atoms with van der Waals surface area (Å²) in [7, 11) is 0. The Labute approximate surface area is 92.2 Å². The predicted molar refractivity (Wildman–Crippen MR) is 52.2 cm³/mol. The van der Waals surface area contributed by atoms with Gasteiger partial charge in [-0.3, -0.25) is 4.79 Å². The van der Waals surface area contributed by atoms with Crippen molar-refractivity contribution in [2.45, 2.75) is 18.4 Å². The molecule has 0 aliphatic carbocycles. The van der Waals surface area contributed by atoms with Gasteiger partial charge in [0.1, 0.15) is 6.54 Å². The first-order valence-corrected chi connectivity index (χ1v) is 4.74. The number of nitriles is 1. The lowest BCUT2D eigenvalue weighted by Crippen LogP contribution is -2.41. The van der Waals surface area contributed by atoms with Crippen LogP contribution in [0.3, 0.4) is 0 Å². The lowest BCUT2D eigenvalue weighted by Gasteiger charge is -2.27. The number of carbonyl (C=O) groups excluding carboxylic acids is 1. The highest BCUT2D eigenvalue weighted by Gasteiger charge is 2.41. The van der Waals surface area contributed by atoms with Crippen molar-refractivity contribution in [3.8, 4) is 6.07 Å². The van der Waals surface area contributed by atoms with Gasteiger partial charge in [0.25, 0.3) is 5.91 Å². The first-order chi connectivity index (χ1) is 7.75. The van der Waals surface area contributed by atoms with Crippen molar-refractivity contribution in [1.82, 2.24) is 0 Å². The molecule has 0 aromatic heterocycles. The molecule has 0 radical (unpaired) electrons. The zero-order chi connectivity index (χ0) is 11.9. The largest absolute Gasteiger partial charge is 0.381 e. The van der Waals surface area contributed by atoms with Crippen molar-refractivity contribution in [2.75, 3.05) is 19.8 Å². The second-order valence-electron chi connectivity index (χ2n) is 3.22. The van der Waals surface area contributed by atoms with Gasteiger partial charge >= 0.3 is 0 Å². The van der Waals surface area contributed by atoms with Crippen LogP contribution < -0.4 is 5.84 Å². The third-order valence-electron chi connectivity index (χ3n) is 2.27. The summed E-state index contributed by atoms with van der Waals surface area (Å²) in [6, 6.07) is 1.75. The summed E-state index contributed by atoms with van der Waals surface area (Å²) in [6.45, 7) is 0.648. The summed E-state index contributed by atoms with van der Waals surface area (Å²) in [5, 5.41) is 22.0. The van der Waals surface area contributed by atoms with Crippen LogP contribution in [-0.2, 0) is 9.53 Å². The Hall–Kier alpha value is -1.88. The average molecular weight is 224 g/mol. The third kappa shape index (κ3) is 2.80. The van der Waals surface area contributed by atoms with Gasteiger partial charge in [0.05, 0.1) is 6.07 Å². The number of azo groups is 1. The Morgan fingerprint density at radius 3 is 2.75 bits per heavy atom. The number of hydrogen-bond donors (Lipinski definition) is 1. The van der Waals surface area contributed by atoms with Gasteiger partial charge in [-0.2, -0.15) is 15.5 Å². The molecule has 1 aliphatic heterocycles. The van der Waals surface area contributed by atoms with E-state index in [4.69, 9.17) is 15.8 Å². The molecule has 86 valence electrons. The van der Waals surface area contributed by atoms with Crippen molar-refractivity contribution in [3.63, 3.8) is 0 Å². The standard InChI is InChI=1S/C8H12N6O2/c9-3-4-11-12-7(15)8(13-14-10)1-5-16-6-2-8/h1-2,4-6H2,(H2,10,13). The molecule has 1 aliphatic rings. The Morgan fingerprint density at radius 2 is 2.19 bits per heavy atom. The van der Waals surface area contributed by atoms with Crippen molar-refractivity contribution in [3.05, 3.63) is 0 Å². The van der Waals surface area contributed by atoms with E-state index < -0.39 is 11.4 Å². The summed E-state index contributed by atoms with van der Waals surface area (Å²) in [4.78, 5) is 11.8. The molecule has 2 N–H and O–H groups in total. The van der Waals surface area contributed by atoms with E-state index in [1.165, 1.54) is 0 Å². The van der Waals surface area contributed by atoms with Crippen LogP contribution in [0.25, 0.3) is 0 Å². The first-order valence-electron chi connectivity index (χ1n) is 4.74. The number of ether oxygens (including phenoxy) is 1. The highest BCUT2D eigenvalue weighted by Crippen LogP contribution is 2.27. The smallest absolute Gasteiger partial charge is 0.293 e. The van der Waals surface area contributed by atoms with Gasteiger partial charge in [-0.05, 0) is 0 Å². The second-order valence-corrected chi connectivity index (χ2v) is 3.22. The quantitative estimate of drug-likeness (QED) is 0.321. The summed E-state index contributed by atoms with van der Waals surface area (Å²) in [5.41, 5.74) is -1.06. The van der Waals surface area contributed by atoms with E-state index in [0.29, 0.717) is 26.1 Å². The van der Waals surface area contributed by atoms with Crippen molar-refractivity contribution >= 4 is 5.91 Å². The fourth-order valence-electron chi connectivity index (χ4n) is 1.40. The monoisotopic (exact) mass is 224 g/mol. The lowest BCUT2D eigenvalue weighted by molar-refractivity contribution is -0.126. The van der Waals surface area contributed by atoms with Crippen LogP contribution in [0, 0.1) is 11.3 Å². The molecule has 0 bridgehead atoms. The van der Waals surface area contributed by atoms with E-state index in [0.717, 1.165) is 0 Å². The molecule has 1 rings (SSSR count). The van der Waals surface area contributed by atoms with E-state index in [-0.39, 0.29) is 6.54 Å². The number of amides is 1. The minimum Gasteiger partial charge on any atom is -0.381 e. The van der Waals surface area contributed by atoms with Gasteiger partial charge in [0.2, 0.25) is 0 Å². The molecule has 8 heteroatoms. The molecule has 1 heterocycles. The minimum absolute atomic E-state index is 0.155.